The molecule has 3 N–H and O–H groups in total. The topological polar surface area (TPSA) is 94.6 Å². The molecule has 2 aromatic rings. The SMILES string of the molecule is CC1(O)CC(C(=O)N(c2ccc(C(C)(C)C)cc2)C(C(=O)NC2CCCCC2)c2cccnc2)N1. The number of anilines is 1. The van der Waals surface area contributed by atoms with Crippen LogP contribution in [0.4, 0.5) is 5.69 Å². The van der Waals surface area contributed by atoms with Gasteiger partial charge in [0.2, 0.25) is 11.8 Å². The second-order valence-electron chi connectivity index (χ2n) is 11.2. The first-order valence-electron chi connectivity index (χ1n) is 12.7. The van der Waals surface area contributed by atoms with Gasteiger partial charge >= 0.3 is 0 Å². The molecule has 0 spiro atoms. The molecule has 1 aliphatic carbocycles. The van der Waals surface area contributed by atoms with Gasteiger partial charge in [0.25, 0.3) is 0 Å². The van der Waals surface area contributed by atoms with Gasteiger partial charge in [-0.1, -0.05) is 58.2 Å². The third-order valence-corrected chi connectivity index (χ3v) is 7.09. The maximum Gasteiger partial charge on any atom is 0.248 e. The number of aliphatic hydroxyl groups is 1. The molecular weight excluding hydrogens is 440 g/mol. The summed E-state index contributed by atoms with van der Waals surface area (Å²) >= 11 is 0. The Bertz CT molecular complexity index is 1020. The zero-order chi connectivity index (χ0) is 25.2. The van der Waals surface area contributed by atoms with E-state index in [0.29, 0.717) is 11.3 Å². The molecule has 7 heteroatoms. The van der Waals surface area contributed by atoms with Crippen LogP contribution in [0.15, 0.2) is 48.8 Å². The van der Waals surface area contributed by atoms with Crippen LogP contribution in [-0.2, 0) is 15.0 Å². The zero-order valence-electron chi connectivity index (χ0n) is 21.3. The molecule has 1 saturated carbocycles. The highest BCUT2D eigenvalue weighted by atomic mass is 16.3. The summed E-state index contributed by atoms with van der Waals surface area (Å²) in [5, 5.41) is 16.4. The van der Waals surface area contributed by atoms with E-state index in [9.17, 15) is 14.7 Å². The molecule has 1 aromatic carbocycles. The van der Waals surface area contributed by atoms with Gasteiger partial charge in [-0.2, -0.15) is 0 Å². The van der Waals surface area contributed by atoms with E-state index in [4.69, 9.17) is 0 Å². The Morgan fingerprint density at radius 3 is 2.34 bits per heavy atom. The summed E-state index contributed by atoms with van der Waals surface area (Å²) in [6.45, 7) is 8.07. The molecule has 2 heterocycles. The van der Waals surface area contributed by atoms with Crippen LogP contribution in [-0.4, -0.2) is 39.7 Å². The number of nitrogens with zero attached hydrogens (tertiary/aromatic N) is 2. The number of hydrogen-bond donors (Lipinski definition) is 3. The van der Waals surface area contributed by atoms with Crippen molar-refractivity contribution in [1.29, 1.82) is 0 Å². The van der Waals surface area contributed by atoms with E-state index in [2.05, 4.69) is 36.4 Å². The lowest BCUT2D eigenvalue weighted by molar-refractivity contribution is -0.137. The second-order valence-corrected chi connectivity index (χ2v) is 11.2. The molecule has 4 rings (SSSR count). The van der Waals surface area contributed by atoms with Gasteiger partial charge in [0.15, 0.2) is 0 Å². The predicted octanol–water partition coefficient (Wildman–Crippen LogP) is 3.97. The molecule has 2 aliphatic rings. The summed E-state index contributed by atoms with van der Waals surface area (Å²) in [5.41, 5.74) is 1.31. The summed E-state index contributed by atoms with van der Waals surface area (Å²) in [7, 11) is 0. The fourth-order valence-corrected chi connectivity index (χ4v) is 5.08. The van der Waals surface area contributed by atoms with Crippen molar-refractivity contribution in [2.75, 3.05) is 4.90 Å². The van der Waals surface area contributed by atoms with Gasteiger partial charge in [0, 0.05) is 36.1 Å². The van der Waals surface area contributed by atoms with Crippen LogP contribution < -0.4 is 15.5 Å². The molecule has 0 bridgehead atoms. The summed E-state index contributed by atoms with van der Waals surface area (Å²) in [6.07, 6.45) is 8.89. The molecule has 188 valence electrons. The van der Waals surface area contributed by atoms with Crippen LogP contribution in [0.2, 0.25) is 0 Å². The van der Waals surface area contributed by atoms with Crippen molar-refractivity contribution in [3.63, 3.8) is 0 Å². The lowest BCUT2D eigenvalue weighted by Gasteiger charge is -2.45. The fraction of sp³-hybridized carbons (Fsp3) is 0.536. The zero-order valence-corrected chi connectivity index (χ0v) is 21.3. The van der Waals surface area contributed by atoms with E-state index in [0.717, 1.165) is 31.2 Å². The van der Waals surface area contributed by atoms with Crippen molar-refractivity contribution in [3.8, 4) is 0 Å². The number of nitrogens with one attached hydrogen (secondary N) is 2. The normalized spacial score (nSPS) is 23.7. The van der Waals surface area contributed by atoms with Crippen molar-refractivity contribution >= 4 is 17.5 Å². The van der Waals surface area contributed by atoms with Gasteiger partial charge < -0.3 is 10.4 Å². The van der Waals surface area contributed by atoms with Crippen molar-refractivity contribution in [2.24, 2.45) is 0 Å². The van der Waals surface area contributed by atoms with Crippen molar-refractivity contribution in [1.82, 2.24) is 15.6 Å². The Hall–Kier alpha value is -2.77. The molecule has 35 heavy (non-hydrogen) atoms. The quantitative estimate of drug-likeness (QED) is 0.584. The van der Waals surface area contributed by atoms with Gasteiger partial charge in [0.1, 0.15) is 11.8 Å². The Morgan fingerprint density at radius 2 is 1.80 bits per heavy atom. The standard InChI is InChI=1S/C28H38N4O3/c1-27(2,3)20-12-14-22(15-13-20)32(26(34)23-17-28(4,35)31-23)24(19-9-8-16-29-18-19)25(33)30-21-10-6-5-7-11-21/h8-9,12-16,18,21,23-24,31,35H,5-7,10-11,17H2,1-4H3,(H,30,33). The van der Waals surface area contributed by atoms with Crippen molar-refractivity contribution < 1.29 is 14.7 Å². The first kappa shape index (κ1) is 25.3. The fourth-order valence-electron chi connectivity index (χ4n) is 5.08. The molecule has 2 fully saturated rings. The van der Waals surface area contributed by atoms with Crippen LogP contribution in [0.5, 0.6) is 0 Å². The average Bonchev–Trinajstić information content (AvgIpc) is 2.81. The monoisotopic (exact) mass is 478 g/mol. The number of hydrogen-bond acceptors (Lipinski definition) is 5. The highest BCUT2D eigenvalue weighted by Gasteiger charge is 2.46. The summed E-state index contributed by atoms with van der Waals surface area (Å²) in [4.78, 5) is 33.5. The maximum atomic E-state index is 13.9. The Morgan fingerprint density at radius 1 is 1.14 bits per heavy atom. The van der Waals surface area contributed by atoms with Crippen LogP contribution in [0.3, 0.4) is 0 Å². The molecule has 1 aromatic heterocycles. The van der Waals surface area contributed by atoms with Crippen molar-refractivity contribution in [3.05, 3.63) is 59.9 Å². The van der Waals surface area contributed by atoms with Gasteiger partial charge in [-0.15, -0.1) is 0 Å². The number of pyridine rings is 1. The minimum atomic E-state index is -1.09. The van der Waals surface area contributed by atoms with Crippen molar-refractivity contribution in [2.45, 2.75) is 95.5 Å². The minimum Gasteiger partial charge on any atom is -0.376 e. The van der Waals surface area contributed by atoms with E-state index in [-0.39, 0.29) is 29.7 Å². The van der Waals surface area contributed by atoms with Crippen LogP contribution in [0.1, 0.15) is 83.4 Å². The van der Waals surface area contributed by atoms with E-state index < -0.39 is 17.8 Å². The third-order valence-electron chi connectivity index (χ3n) is 7.09. The molecule has 7 nitrogen and oxygen atoms in total. The maximum absolute atomic E-state index is 13.9. The van der Waals surface area contributed by atoms with Gasteiger partial charge in [-0.3, -0.25) is 24.8 Å². The Kier molecular flexibility index (Phi) is 7.29. The average molecular weight is 479 g/mol. The molecule has 3 unspecified atom stereocenters. The summed E-state index contributed by atoms with van der Waals surface area (Å²) in [6, 6.07) is 10.1. The second kappa shape index (κ2) is 10.1. The minimum absolute atomic E-state index is 0.0390. The summed E-state index contributed by atoms with van der Waals surface area (Å²) in [5.74, 6) is -0.447. The smallest absolute Gasteiger partial charge is 0.248 e. The van der Waals surface area contributed by atoms with Gasteiger partial charge in [0.05, 0.1) is 6.04 Å². The lowest BCUT2D eigenvalue weighted by Crippen LogP contribution is -2.67. The van der Waals surface area contributed by atoms with E-state index in [1.165, 1.54) is 6.42 Å². The van der Waals surface area contributed by atoms with E-state index in [1.807, 2.05) is 30.3 Å². The molecule has 0 radical (unpaired) electrons. The van der Waals surface area contributed by atoms with Gasteiger partial charge in [-0.25, -0.2) is 0 Å². The first-order chi connectivity index (χ1) is 16.5. The highest BCUT2D eigenvalue weighted by Crippen LogP contribution is 2.34. The van der Waals surface area contributed by atoms with E-state index in [1.54, 1.807) is 30.3 Å². The molecule has 1 saturated heterocycles. The Balaban J connectivity index is 1.73. The third kappa shape index (κ3) is 5.90. The number of carbonyl (C=O) groups is 2. The lowest BCUT2D eigenvalue weighted by atomic mass is 9.87. The number of amides is 2. The molecular formula is C28H38N4O3. The first-order valence-corrected chi connectivity index (χ1v) is 12.7. The number of aromatic nitrogens is 1. The molecule has 1 aliphatic heterocycles. The molecule has 2 amide bonds. The Labute approximate surface area is 208 Å². The van der Waals surface area contributed by atoms with Gasteiger partial charge in [-0.05, 0) is 48.9 Å². The largest absolute Gasteiger partial charge is 0.376 e. The highest BCUT2D eigenvalue weighted by molar-refractivity contribution is 6.04. The number of carbonyl (C=O) groups excluding carboxylic acids is 2. The van der Waals surface area contributed by atoms with Crippen LogP contribution >= 0.6 is 0 Å². The number of rotatable bonds is 6. The van der Waals surface area contributed by atoms with E-state index >= 15 is 0 Å². The van der Waals surface area contributed by atoms with Crippen LogP contribution in [0, 0.1) is 0 Å². The van der Waals surface area contributed by atoms with Crippen LogP contribution in [0.25, 0.3) is 0 Å². The summed E-state index contributed by atoms with van der Waals surface area (Å²) < 4.78 is 0. The predicted molar refractivity (Wildman–Crippen MR) is 137 cm³/mol. The number of benzene rings is 1. The molecule has 3 atom stereocenters.